The number of Topliss-reactive ketones (excluding diaryl/α,β-unsaturated/α-hetero) is 1. The molecule has 0 aliphatic heterocycles. The summed E-state index contributed by atoms with van der Waals surface area (Å²) in [7, 11) is 0. The van der Waals surface area contributed by atoms with Crippen molar-refractivity contribution in [2.24, 2.45) is 17.6 Å². The van der Waals surface area contributed by atoms with Crippen molar-refractivity contribution < 1.29 is 23.1 Å². The fourth-order valence-corrected chi connectivity index (χ4v) is 2.18. The highest BCUT2D eigenvalue weighted by atomic mass is 35.5. The number of nitrogens with two attached hydrogens (primary N) is 1. The van der Waals surface area contributed by atoms with Crippen molar-refractivity contribution in [1.82, 2.24) is 0 Å². The Bertz CT molecular complexity index is 526. The molecule has 1 amide bonds. The number of rotatable bonds is 6. The van der Waals surface area contributed by atoms with Crippen molar-refractivity contribution in [3.63, 3.8) is 0 Å². The number of primary amides is 1. The van der Waals surface area contributed by atoms with Crippen LogP contribution in [0.15, 0.2) is 12.1 Å². The molecule has 1 atom stereocenters. The molecule has 4 nitrogen and oxygen atoms in total. The van der Waals surface area contributed by atoms with Gasteiger partial charge < -0.3 is 10.5 Å². The molecule has 0 aliphatic rings. The number of benzene rings is 1. The molecule has 0 radical (unpaired) electrons. The number of amides is 1. The van der Waals surface area contributed by atoms with Gasteiger partial charge in [0.2, 0.25) is 0 Å². The van der Waals surface area contributed by atoms with E-state index in [-0.39, 0.29) is 17.5 Å². The Kier molecular flexibility index (Phi) is 6.08. The van der Waals surface area contributed by atoms with E-state index in [1.807, 2.05) is 13.8 Å². The van der Waals surface area contributed by atoms with Gasteiger partial charge in [-0.25, -0.2) is 13.6 Å². The summed E-state index contributed by atoms with van der Waals surface area (Å²) in [5.41, 5.74) is 4.17. The number of ether oxygens (including phenoxy) is 1. The number of halogens is 3. The van der Waals surface area contributed by atoms with E-state index in [2.05, 4.69) is 4.74 Å². The first-order chi connectivity index (χ1) is 9.72. The molecular formula is C14H16ClF2NO3. The number of hydrogen-bond donors (Lipinski definition) is 1. The Hall–Kier alpha value is -1.69. The summed E-state index contributed by atoms with van der Waals surface area (Å²) in [5, 5.41) is -0.143. The van der Waals surface area contributed by atoms with E-state index in [9.17, 15) is 18.4 Å². The highest BCUT2D eigenvalue weighted by Crippen LogP contribution is 2.24. The van der Waals surface area contributed by atoms with Gasteiger partial charge >= 0.3 is 6.09 Å². The summed E-state index contributed by atoms with van der Waals surface area (Å²) in [6.45, 7) is 3.34. The molecule has 0 aromatic heterocycles. The Morgan fingerprint density at radius 3 is 2.24 bits per heavy atom. The largest absolute Gasteiger partial charge is 0.449 e. The van der Waals surface area contributed by atoms with Crippen LogP contribution in [0.1, 0.15) is 30.6 Å². The lowest BCUT2D eigenvalue weighted by Gasteiger charge is -2.18. The quantitative estimate of drug-likeness (QED) is 0.815. The number of ketones is 1. The highest BCUT2D eigenvalue weighted by Gasteiger charge is 2.28. The van der Waals surface area contributed by atoms with Crippen LogP contribution in [0.3, 0.4) is 0 Å². The molecule has 0 saturated heterocycles. The van der Waals surface area contributed by atoms with Gasteiger partial charge in [-0.3, -0.25) is 4.79 Å². The van der Waals surface area contributed by atoms with Crippen molar-refractivity contribution in [3.8, 4) is 0 Å². The summed E-state index contributed by atoms with van der Waals surface area (Å²) < 4.78 is 32.2. The number of hydrogen-bond acceptors (Lipinski definition) is 3. The van der Waals surface area contributed by atoms with Crippen LogP contribution in [0.2, 0.25) is 5.02 Å². The van der Waals surface area contributed by atoms with E-state index in [1.165, 1.54) is 0 Å². The molecule has 21 heavy (non-hydrogen) atoms. The molecule has 116 valence electrons. The molecule has 0 spiro atoms. The summed E-state index contributed by atoms with van der Waals surface area (Å²) in [5.74, 6) is -3.68. The zero-order valence-electron chi connectivity index (χ0n) is 11.7. The molecule has 1 aromatic rings. The number of carbonyl (C=O) groups is 2. The standard InChI is InChI=1S/C14H16ClF2NO3/c1-7(2)3-8(6-21-14(18)20)13(19)12-10(16)4-9(15)5-11(12)17/h4-5,7-8H,3,6H2,1-2H3,(H2,18,20)/t8-/m0/s1. The average Bonchev–Trinajstić information content (AvgIpc) is 2.32. The molecule has 0 aliphatic carbocycles. The molecule has 0 saturated carbocycles. The lowest BCUT2D eigenvalue weighted by Crippen LogP contribution is -2.27. The third-order valence-electron chi connectivity index (χ3n) is 2.81. The molecule has 0 heterocycles. The molecule has 0 fully saturated rings. The average molecular weight is 320 g/mol. The molecule has 0 unspecified atom stereocenters. The molecule has 1 rings (SSSR count). The third-order valence-corrected chi connectivity index (χ3v) is 3.02. The van der Waals surface area contributed by atoms with Crippen LogP contribution in [-0.4, -0.2) is 18.5 Å². The second-order valence-corrected chi connectivity index (χ2v) is 5.50. The van der Waals surface area contributed by atoms with Gasteiger partial charge in [0.05, 0.1) is 11.5 Å². The van der Waals surface area contributed by atoms with E-state index in [0.29, 0.717) is 6.42 Å². The van der Waals surface area contributed by atoms with E-state index >= 15 is 0 Å². The fraction of sp³-hybridized carbons (Fsp3) is 0.429. The van der Waals surface area contributed by atoms with Gasteiger partial charge in [-0.1, -0.05) is 25.4 Å². The highest BCUT2D eigenvalue weighted by molar-refractivity contribution is 6.30. The molecular weight excluding hydrogens is 304 g/mol. The molecule has 2 N–H and O–H groups in total. The molecule has 7 heteroatoms. The smallest absolute Gasteiger partial charge is 0.404 e. The van der Waals surface area contributed by atoms with Gasteiger partial charge in [0, 0.05) is 5.02 Å². The van der Waals surface area contributed by atoms with Gasteiger partial charge in [0.15, 0.2) is 5.78 Å². The summed E-state index contributed by atoms with van der Waals surface area (Å²) in [6, 6.07) is 1.72. The topological polar surface area (TPSA) is 69.4 Å². The SMILES string of the molecule is CC(C)C[C@@H](COC(N)=O)C(=O)c1c(F)cc(Cl)cc1F. The van der Waals surface area contributed by atoms with Crippen molar-refractivity contribution in [2.75, 3.05) is 6.61 Å². The minimum Gasteiger partial charge on any atom is -0.449 e. The monoisotopic (exact) mass is 319 g/mol. The van der Waals surface area contributed by atoms with Crippen molar-refractivity contribution >= 4 is 23.5 Å². The van der Waals surface area contributed by atoms with Gasteiger partial charge in [0.25, 0.3) is 0 Å². The zero-order valence-corrected chi connectivity index (χ0v) is 12.4. The maximum atomic E-state index is 13.8. The van der Waals surface area contributed by atoms with Crippen LogP contribution < -0.4 is 5.73 Å². The van der Waals surface area contributed by atoms with Gasteiger partial charge in [-0.15, -0.1) is 0 Å². The minimum absolute atomic E-state index is 0.0637. The zero-order chi connectivity index (χ0) is 16.2. The van der Waals surface area contributed by atoms with E-state index in [4.69, 9.17) is 17.3 Å². The van der Waals surface area contributed by atoms with E-state index in [0.717, 1.165) is 12.1 Å². The summed E-state index contributed by atoms with van der Waals surface area (Å²) >= 11 is 5.52. The Morgan fingerprint density at radius 2 is 1.81 bits per heavy atom. The van der Waals surface area contributed by atoms with E-state index < -0.39 is 35.0 Å². The van der Waals surface area contributed by atoms with Gasteiger partial charge in [-0.2, -0.15) is 0 Å². The van der Waals surface area contributed by atoms with Crippen molar-refractivity contribution in [2.45, 2.75) is 20.3 Å². The second kappa shape index (κ2) is 7.36. The van der Waals surface area contributed by atoms with Crippen LogP contribution >= 0.6 is 11.6 Å². The maximum absolute atomic E-state index is 13.8. The third kappa shape index (κ3) is 4.97. The van der Waals surface area contributed by atoms with Crippen LogP contribution in [-0.2, 0) is 4.74 Å². The Balaban J connectivity index is 3.07. The van der Waals surface area contributed by atoms with Crippen LogP contribution in [0.25, 0.3) is 0 Å². The lowest BCUT2D eigenvalue weighted by atomic mass is 9.90. The first kappa shape index (κ1) is 17.4. The maximum Gasteiger partial charge on any atom is 0.404 e. The van der Waals surface area contributed by atoms with E-state index in [1.54, 1.807) is 0 Å². The Morgan fingerprint density at radius 1 is 1.29 bits per heavy atom. The molecule has 1 aromatic carbocycles. The van der Waals surface area contributed by atoms with Crippen LogP contribution in [0, 0.1) is 23.5 Å². The van der Waals surface area contributed by atoms with Gasteiger partial charge in [0.1, 0.15) is 18.2 Å². The lowest BCUT2D eigenvalue weighted by molar-refractivity contribution is 0.0789. The predicted octanol–water partition coefficient (Wildman–Crippen LogP) is 3.56. The minimum atomic E-state index is -1.05. The van der Waals surface area contributed by atoms with Crippen molar-refractivity contribution in [3.05, 3.63) is 34.4 Å². The second-order valence-electron chi connectivity index (χ2n) is 5.07. The first-order valence-electron chi connectivity index (χ1n) is 6.33. The predicted molar refractivity (Wildman–Crippen MR) is 74.2 cm³/mol. The Labute approximate surface area is 126 Å². The molecule has 0 bridgehead atoms. The fourth-order valence-electron chi connectivity index (χ4n) is 1.98. The number of carbonyl (C=O) groups excluding carboxylic acids is 2. The summed E-state index contributed by atoms with van der Waals surface area (Å²) in [4.78, 5) is 22.9. The summed E-state index contributed by atoms with van der Waals surface area (Å²) in [6.07, 6.45) is -0.748. The van der Waals surface area contributed by atoms with Crippen LogP contribution in [0.5, 0.6) is 0 Å². The first-order valence-corrected chi connectivity index (χ1v) is 6.71. The van der Waals surface area contributed by atoms with Crippen LogP contribution in [0.4, 0.5) is 13.6 Å². The van der Waals surface area contributed by atoms with Gasteiger partial charge in [-0.05, 0) is 24.5 Å². The normalized spacial score (nSPS) is 12.3. The van der Waals surface area contributed by atoms with Crippen molar-refractivity contribution in [1.29, 1.82) is 0 Å².